The van der Waals surface area contributed by atoms with E-state index in [4.69, 9.17) is 15.1 Å². The smallest absolute Gasteiger partial charge is 0.337 e. The van der Waals surface area contributed by atoms with E-state index in [0.717, 1.165) is 45.6 Å². The molecule has 0 aliphatic rings. The largest absolute Gasteiger partial charge is 0.478 e. The molecule has 0 aliphatic carbocycles. The second-order valence-corrected chi connectivity index (χ2v) is 9.88. The van der Waals surface area contributed by atoms with Gasteiger partial charge in [-0.25, -0.2) is 23.8 Å². The Hall–Kier alpha value is -5.29. The summed E-state index contributed by atoms with van der Waals surface area (Å²) < 4.78 is 18.1. The fourth-order valence-corrected chi connectivity index (χ4v) is 5.12. The standard InChI is InChI=1S/C33H26FN5O2/c1-4-30-36-31-20(2)17-21(3)35-32(31)38(30)19-22-13-15-27-25(18-22)29(16-14-23-9-5-7-11-26(23)34)39(37-27)28-12-8-6-10-24(28)33(40)41/h5-13,15,17-18H,4,19H2,1-3H3,(H,40,41). The maximum Gasteiger partial charge on any atom is 0.337 e. The first-order valence-corrected chi connectivity index (χ1v) is 13.3. The monoisotopic (exact) mass is 543 g/mol. The number of aromatic carboxylic acids is 1. The van der Waals surface area contributed by atoms with Crippen molar-refractivity contribution in [3.8, 4) is 17.5 Å². The van der Waals surface area contributed by atoms with Gasteiger partial charge in [0.15, 0.2) is 5.65 Å². The van der Waals surface area contributed by atoms with Crippen molar-refractivity contribution < 1.29 is 14.3 Å². The van der Waals surface area contributed by atoms with Crippen LogP contribution in [0.15, 0.2) is 72.8 Å². The van der Waals surface area contributed by atoms with Crippen LogP contribution >= 0.6 is 0 Å². The first-order valence-electron chi connectivity index (χ1n) is 13.3. The van der Waals surface area contributed by atoms with E-state index < -0.39 is 11.8 Å². The third kappa shape index (κ3) is 4.72. The van der Waals surface area contributed by atoms with E-state index in [9.17, 15) is 14.3 Å². The molecule has 0 saturated heterocycles. The van der Waals surface area contributed by atoms with Gasteiger partial charge in [0.1, 0.15) is 22.9 Å². The number of benzene rings is 3. The highest BCUT2D eigenvalue weighted by Gasteiger charge is 2.19. The molecule has 0 saturated carbocycles. The fraction of sp³-hybridized carbons (Fsp3) is 0.152. The highest BCUT2D eigenvalue weighted by Crippen LogP contribution is 2.27. The average Bonchev–Trinajstić information content (AvgIpc) is 3.50. The number of imidazole rings is 1. The molecule has 1 N–H and O–H groups in total. The molecule has 0 aliphatic heterocycles. The van der Waals surface area contributed by atoms with E-state index in [1.807, 2.05) is 38.1 Å². The van der Waals surface area contributed by atoms with E-state index in [-0.39, 0.29) is 11.1 Å². The molecule has 3 aromatic heterocycles. The number of fused-ring (bicyclic) bond motifs is 2. The Bertz CT molecular complexity index is 2040. The number of aromatic nitrogens is 5. The van der Waals surface area contributed by atoms with Gasteiger partial charge in [0.05, 0.1) is 28.9 Å². The van der Waals surface area contributed by atoms with Gasteiger partial charge >= 0.3 is 5.97 Å². The molecule has 6 aromatic rings. The summed E-state index contributed by atoms with van der Waals surface area (Å²) in [4.78, 5) is 21.7. The van der Waals surface area contributed by atoms with Crippen molar-refractivity contribution >= 4 is 28.0 Å². The maximum atomic E-state index is 14.4. The lowest BCUT2D eigenvalue weighted by Gasteiger charge is -2.09. The van der Waals surface area contributed by atoms with E-state index >= 15 is 0 Å². The van der Waals surface area contributed by atoms with Gasteiger partial charge in [-0.15, -0.1) is 0 Å². The molecule has 41 heavy (non-hydrogen) atoms. The number of para-hydroxylation sites is 1. The van der Waals surface area contributed by atoms with Gasteiger partial charge in [-0.05, 0) is 73.4 Å². The summed E-state index contributed by atoms with van der Waals surface area (Å²) in [5.74, 6) is 5.45. The van der Waals surface area contributed by atoms with Crippen LogP contribution in [0.3, 0.4) is 0 Å². The number of carbonyl (C=O) groups is 1. The molecule has 7 nitrogen and oxygen atoms in total. The van der Waals surface area contributed by atoms with Gasteiger partial charge in [-0.3, -0.25) is 0 Å². The van der Waals surface area contributed by atoms with Crippen LogP contribution in [0.4, 0.5) is 4.39 Å². The molecular formula is C33H26FN5O2. The molecular weight excluding hydrogens is 517 g/mol. The number of carboxylic acid groups (broad SMARTS) is 1. The normalized spacial score (nSPS) is 11.1. The fourth-order valence-electron chi connectivity index (χ4n) is 5.12. The molecule has 202 valence electrons. The van der Waals surface area contributed by atoms with Crippen molar-refractivity contribution in [3.05, 3.63) is 118 Å². The molecule has 6 rings (SSSR count). The molecule has 0 amide bonds. The van der Waals surface area contributed by atoms with Crippen LogP contribution in [-0.4, -0.2) is 35.4 Å². The Morgan fingerprint density at radius 3 is 2.54 bits per heavy atom. The number of carboxylic acids is 1. The number of nitrogens with zero attached hydrogens (tertiary/aromatic N) is 5. The number of pyridine rings is 1. The van der Waals surface area contributed by atoms with Crippen LogP contribution in [0, 0.1) is 31.5 Å². The van der Waals surface area contributed by atoms with Crippen LogP contribution in [0.2, 0.25) is 0 Å². The van der Waals surface area contributed by atoms with Gasteiger partial charge < -0.3 is 9.67 Å². The molecule has 0 unspecified atom stereocenters. The Balaban J connectivity index is 1.54. The van der Waals surface area contributed by atoms with E-state index in [0.29, 0.717) is 23.4 Å². The third-order valence-electron chi connectivity index (χ3n) is 7.05. The Kier molecular flexibility index (Phi) is 6.56. The van der Waals surface area contributed by atoms with Gasteiger partial charge in [0, 0.05) is 17.5 Å². The quantitative estimate of drug-likeness (QED) is 0.260. The predicted octanol–water partition coefficient (Wildman–Crippen LogP) is 6.23. The van der Waals surface area contributed by atoms with E-state index in [2.05, 4.69) is 23.3 Å². The Morgan fingerprint density at radius 2 is 1.76 bits per heavy atom. The Morgan fingerprint density at radius 1 is 0.976 bits per heavy atom. The summed E-state index contributed by atoms with van der Waals surface area (Å²) in [6.07, 6.45) is 0.750. The van der Waals surface area contributed by atoms with Crippen molar-refractivity contribution in [2.24, 2.45) is 0 Å². The zero-order valence-corrected chi connectivity index (χ0v) is 22.8. The zero-order valence-electron chi connectivity index (χ0n) is 22.8. The summed E-state index contributed by atoms with van der Waals surface area (Å²) in [5, 5.41) is 15.3. The molecule has 8 heteroatoms. The summed E-state index contributed by atoms with van der Waals surface area (Å²) >= 11 is 0. The third-order valence-corrected chi connectivity index (χ3v) is 7.05. The zero-order chi connectivity index (χ0) is 28.7. The van der Waals surface area contributed by atoms with Crippen molar-refractivity contribution in [2.45, 2.75) is 33.7 Å². The molecule has 0 spiro atoms. The van der Waals surface area contributed by atoms with E-state index in [1.165, 1.54) is 16.8 Å². The van der Waals surface area contributed by atoms with Crippen LogP contribution in [0.5, 0.6) is 0 Å². The number of hydrogen-bond donors (Lipinski definition) is 1. The van der Waals surface area contributed by atoms with Crippen LogP contribution in [0.1, 0.15) is 51.2 Å². The summed E-state index contributed by atoms with van der Waals surface area (Å²) in [7, 11) is 0. The van der Waals surface area contributed by atoms with Crippen molar-refractivity contribution in [2.75, 3.05) is 0 Å². The Labute approximate surface area is 235 Å². The minimum Gasteiger partial charge on any atom is -0.478 e. The second kappa shape index (κ2) is 10.4. The van der Waals surface area contributed by atoms with Crippen molar-refractivity contribution in [3.63, 3.8) is 0 Å². The van der Waals surface area contributed by atoms with Crippen molar-refractivity contribution in [1.29, 1.82) is 0 Å². The number of aryl methyl sites for hydroxylation is 3. The van der Waals surface area contributed by atoms with Crippen LogP contribution in [-0.2, 0) is 13.0 Å². The highest BCUT2D eigenvalue weighted by atomic mass is 19.1. The van der Waals surface area contributed by atoms with Gasteiger partial charge in [-0.1, -0.05) is 43.2 Å². The summed E-state index contributed by atoms with van der Waals surface area (Å²) in [6.45, 7) is 6.63. The summed E-state index contributed by atoms with van der Waals surface area (Å²) in [5.41, 5.74) is 6.53. The summed E-state index contributed by atoms with van der Waals surface area (Å²) in [6, 6.07) is 20.8. The van der Waals surface area contributed by atoms with Crippen LogP contribution in [0.25, 0.3) is 27.8 Å². The number of rotatable bonds is 5. The first kappa shape index (κ1) is 26.0. The maximum absolute atomic E-state index is 14.4. The first-order chi connectivity index (χ1) is 19.8. The molecule has 0 fully saturated rings. The number of hydrogen-bond acceptors (Lipinski definition) is 4. The van der Waals surface area contributed by atoms with E-state index in [1.54, 1.807) is 36.4 Å². The van der Waals surface area contributed by atoms with Gasteiger partial charge in [-0.2, -0.15) is 5.10 Å². The minimum absolute atomic E-state index is 0.0868. The lowest BCUT2D eigenvalue weighted by Crippen LogP contribution is -2.08. The van der Waals surface area contributed by atoms with Gasteiger partial charge in [0.2, 0.25) is 0 Å². The lowest BCUT2D eigenvalue weighted by atomic mass is 10.1. The molecule has 0 atom stereocenters. The highest BCUT2D eigenvalue weighted by molar-refractivity contribution is 5.93. The SMILES string of the molecule is CCc1nc2c(C)cc(C)nc2n1Cc1ccc2nn(-c3ccccc3C(=O)O)c(C#Cc3ccccc3F)c2c1. The second-order valence-electron chi connectivity index (χ2n) is 9.88. The lowest BCUT2D eigenvalue weighted by molar-refractivity contribution is 0.0696. The molecule has 0 radical (unpaired) electrons. The molecule has 0 bridgehead atoms. The van der Waals surface area contributed by atoms with Gasteiger partial charge in [0.25, 0.3) is 0 Å². The molecule has 3 heterocycles. The topological polar surface area (TPSA) is 85.8 Å². The molecule has 3 aromatic carbocycles. The minimum atomic E-state index is -1.08. The van der Waals surface area contributed by atoms with Crippen LogP contribution < -0.4 is 0 Å². The van der Waals surface area contributed by atoms with Crippen molar-refractivity contribution in [1.82, 2.24) is 24.3 Å². The predicted molar refractivity (Wildman–Crippen MR) is 156 cm³/mol. The average molecular weight is 544 g/mol. The number of halogens is 1.